The number of ether oxygens (including phenoxy) is 1. The van der Waals surface area contributed by atoms with Gasteiger partial charge in [-0.15, -0.1) is 0 Å². The van der Waals surface area contributed by atoms with Crippen LogP contribution in [0.4, 0.5) is 0 Å². The van der Waals surface area contributed by atoms with Crippen LogP contribution in [-0.2, 0) is 10.3 Å². The first-order valence-corrected chi connectivity index (χ1v) is 7.00. The van der Waals surface area contributed by atoms with Gasteiger partial charge in [0.1, 0.15) is 10.8 Å². The molecule has 0 radical (unpaired) electrons. The van der Waals surface area contributed by atoms with Gasteiger partial charge in [0.15, 0.2) is 5.82 Å². The van der Waals surface area contributed by atoms with E-state index in [4.69, 9.17) is 16.3 Å². The van der Waals surface area contributed by atoms with E-state index in [1.807, 2.05) is 6.92 Å². The largest absolute Gasteiger partial charge is 0.367 e. The third-order valence-electron chi connectivity index (χ3n) is 3.61. The first-order valence-electron chi connectivity index (χ1n) is 6.62. The van der Waals surface area contributed by atoms with Crippen LogP contribution in [0.15, 0.2) is 0 Å². The van der Waals surface area contributed by atoms with E-state index >= 15 is 0 Å². The summed E-state index contributed by atoms with van der Waals surface area (Å²) in [6, 6.07) is 0. The molecule has 0 bridgehead atoms. The third kappa shape index (κ3) is 2.52. The maximum atomic E-state index is 6.30. The second-order valence-electron chi connectivity index (χ2n) is 5.53. The molecule has 0 spiro atoms. The maximum absolute atomic E-state index is 6.30. The standard InChI is InChI=1S/C14H21ClN2O/c1-9(2)11-10(3)16-13(17-12(11)15)14(4)7-5-6-8-18-14/h9H,5-8H2,1-4H3. The van der Waals surface area contributed by atoms with Gasteiger partial charge in [-0.3, -0.25) is 0 Å². The van der Waals surface area contributed by atoms with Gasteiger partial charge >= 0.3 is 0 Å². The highest BCUT2D eigenvalue weighted by Gasteiger charge is 2.34. The van der Waals surface area contributed by atoms with Gasteiger partial charge in [-0.25, -0.2) is 9.97 Å². The molecule has 1 aromatic rings. The van der Waals surface area contributed by atoms with Gasteiger partial charge in [0.2, 0.25) is 0 Å². The second kappa shape index (κ2) is 5.14. The van der Waals surface area contributed by atoms with Gasteiger partial charge in [-0.1, -0.05) is 25.4 Å². The Morgan fingerprint density at radius 3 is 2.50 bits per heavy atom. The number of aromatic nitrogens is 2. The van der Waals surface area contributed by atoms with Gasteiger partial charge in [-0.2, -0.15) is 0 Å². The van der Waals surface area contributed by atoms with Crippen LogP contribution < -0.4 is 0 Å². The van der Waals surface area contributed by atoms with E-state index in [9.17, 15) is 0 Å². The lowest BCUT2D eigenvalue weighted by Gasteiger charge is -2.33. The first-order chi connectivity index (χ1) is 8.44. The summed E-state index contributed by atoms with van der Waals surface area (Å²) in [5, 5.41) is 0.572. The lowest BCUT2D eigenvalue weighted by atomic mass is 9.94. The molecule has 0 saturated carbocycles. The summed E-state index contributed by atoms with van der Waals surface area (Å²) >= 11 is 6.30. The molecule has 18 heavy (non-hydrogen) atoms. The molecule has 100 valence electrons. The summed E-state index contributed by atoms with van der Waals surface area (Å²) in [6.07, 6.45) is 3.23. The zero-order chi connectivity index (χ0) is 13.3. The van der Waals surface area contributed by atoms with Crippen molar-refractivity contribution in [1.29, 1.82) is 0 Å². The Bertz CT molecular complexity index is 416. The minimum absolute atomic E-state index is 0.339. The molecule has 1 unspecified atom stereocenters. The lowest BCUT2D eigenvalue weighted by Crippen LogP contribution is -2.32. The summed E-state index contributed by atoms with van der Waals surface area (Å²) in [6.45, 7) is 9.06. The Labute approximate surface area is 114 Å². The highest BCUT2D eigenvalue weighted by Crippen LogP contribution is 2.35. The lowest BCUT2D eigenvalue weighted by molar-refractivity contribution is -0.0761. The van der Waals surface area contributed by atoms with Crippen LogP contribution in [0.1, 0.15) is 63.0 Å². The zero-order valence-corrected chi connectivity index (χ0v) is 12.3. The van der Waals surface area contributed by atoms with Crippen molar-refractivity contribution in [3.63, 3.8) is 0 Å². The van der Waals surface area contributed by atoms with Crippen molar-refractivity contribution in [2.75, 3.05) is 6.61 Å². The van der Waals surface area contributed by atoms with Crippen molar-refractivity contribution in [1.82, 2.24) is 9.97 Å². The number of hydrogen-bond donors (Lipinski definition) is 0. The third-order valence-corrected chi connectivity index (χ3v) is 3.90. The summed E-state index contributed by atoms with van der Waals surface area (Å²) in [5.41, 5.74) is 1.64. The molecule has 1 aliphatic heterocycles. The molecule has 1 aliphatic rings. The minimum Gasteiger partial charge on any atom is -0.367 e. The molecule has 4 heteroatoms. The maximum Gasteiger partial charge on any atom is 0.161 e. The van der Waals surface area contributed by atoms with E-state index < -0.39 is 0 Å². The van der Waals surface area contributed by atoms with Crippen molar-refractivity contribution in [2.24, 2.45) is 0 Å². The fourth-order valence-electron chi connectivity index (χ4n) is 2.55. The van der Waals surface area contributed by atoms with E-state index in [-0.39, 0.29) is 5.60 Å². The van der Waals surface area contributed by atoms with Gasteiger partial charge in [-0.05, 0) is 39.0 Å². The van der Waals surface area contributed by atoms with Crippen LogP contribution in [0, 0.1) is 6.92 Å². The van der Waals surface area contributed by atoms with Crippen LogP contribution in [0.25, 0.3) is 0 Å². The fraction of sp³-hybridized carbons (Fsp3) is 0.714. The molecule has 2 heterocycles. The molecule has 0 aromatic carbocycles. The smallest absolute Gasteiger partial charge is 0.161 e. The summed E-state index contributed by atoms with van der Waals surface area (Å²) in [5.74, 6) is 1.07. The molecule has 0 N–H and O–H groups in total. The Kier molecular flexibility index (Phi) is 3.93. The van der Waals surface area contributed by atoms with Gasteiger partial charge in [0.25, 0.3) is 0 Å². The molecule has 1 fully saturated rings. The molecule has 1 aromatic heterocycles. The van der Waals surface area contributed by atoms with Crippen LogP contribution in [0.5, 0.6) is 0 Å². The Morgan fingerprint density at radius 1 is 1.28 bits per heavy atom. The van der Waals surface area contributed by atoms with Gasteiger partial charge < -0.3 is 4.74 Å². The van der Waals surface area contributed by atoms with E-state index in [1.54, 1.807) is 0 Å². The van der Waals surface area contributed by atoms with E-state index in [0.717, 1.165) is 43.0 Å². The predicted octanol–water partition coefficient (Wildman–Crippen LogP) is 3.98. The van der Waals surface area contributed by atoms with Gasteiger partial charge in [0, 0.05) is 17.9 Å². The molecular weight excluding hydrogens is 248 g/mol. The molecule has 2 rings (SSSR count). The quantitative estimate of drug-likeness (QED) is 0.761. The minimum atomic E-state index is -0.373. The summed E-state index contributed by atoms with van der Waals surface area (Å²) in [7, 11) is 0. The Morgan fingerprint density at radius 2 is 2.00 bits per heavy atom. The summed E-state index contributed by atoms with van der Waals surface area (Å²) in [4.78, 5) is 9.11. The van der Waals surface area contributed by atoms with Crippen LogP contribution >= 0.6 is 11.6 Å². The van der Waals surface area contributed by atoms with Crippen molar-refractivity contribution < 1.29 is 4.74 Å². The first kappa shape index (κ1) is 13.8. The number of halogens is 1. The van der Waals surface area contributed by atoms with E-state index in [2.05, 4.69) is 30.7 Å². The van der Waals surface area contributed by atoms with Crippen molar-refractivity contribution >= 4 is 11.6 Å². The normalized spacial score (nSPS) is 24.6. The molecule has 3 nitrogen and oxygen atoms in total. The molecular formula is C14H21ClN2O. The fourth-order valence-corrected chi connectivity index (χ4v) is 2.98. The predicted molar refractivity (Wildman–Crippen MR) is 73.0 cm³/mol. The van der Waals surface area contributed by atoms with Crippen molar-refractivity contribution in [3.8, 4) is 0 Å². The SMILES string of the molecule is Cc1nc(C2(C)CCCCO2)nc(Cl)c1C(C)C. The molecule has 1 saturated heterocycles. The monoisotopic (exact) mass is 268 g/mol. The number of rotatable bonds is 2. The second-order valence-corrected chi connectivity index (χ2v) is 5.89. The summed E-state index contributed by atoms with van der Waals surface area (Å²) < 4.78 is 5.88. The van der Waals surface area contributed by atoms with Crippen LogP contribution in [0.3, 0.4) is 0 Å². The number of hydrogen-bond acceptors (Lipinski definition) is 3. The van der Waals surface area contributed by atoms with E-state index in [0.29, 0.717) is 11.1 Å². The zero-order valence-electron chi connectivity index (χ0n) is 11.6. The van der Waals surface area contributed by atoms with Crippen LogP contribution in [0.2, 0.25) is 5.15 Å². The number of aryl methyl sites for hydroxylation is 1. The molecule has 0 aliphatic carbocycles. The topological polar surface area (TPSA) is 35.0 Å². The highest BCUT2D eigenvalue weighted by atomic mass is 35.5. The van der Waals surface area contributed by atoms with E-state index in [1.165, 1.54) is 0 Å². The molecule has 0 amide bonds. The number of nitrogens with zero attached hydrogens (tertiary/aromatic N) is 2. The average Bonchev–Trinajstić information content (AvgIpc) is 2.28. The Hall–Kier alpha value is -0.670. The average molecular weight is 269 g/mol. The van der Waals surface area contributed by atoms with Crippen LogP contribution in [-0.4, -0.2) is 16.6 Å². The Balaban J connectivity index is 2.41. The molecule has 1 atom stereocenters. The van der Waals surface area contributed by atoms with Crippen molar-refractivity contribution in [2.45, 2.75) is 58.5 Å². The van der Waals surface area contributed by atoms with Crippen molar-refractivity contribution in [3.05, 3.63) is 22.2 Å². The van der Waals surface area contributed by atoms with Gasteiger partial charge in [0.05, 0.1) is 0 Å². The highest BCUT2D eigenvalue weighted by molar-refractivity contribution is 6.30.